The molecule has 8 nitrogen and oxygen atoms in total. The summed E-state index contributed by atoms with van der Waals surface area (Å²) in [4.78, 5) is 37.9. The van der Waals surface area contributed by atoms with Crippen molar-refractivity contribution in [2.24, 2.45) is 0 Å². The fourth-order valence-electron chi connectivity index (χ4n) is 2.78. The standard InChI is InChI=1S/C17H16F3N3O5/c1-16(2)27-13(24)12(23-15(26)28-16)5-8-7-21-11-6-9(3-4-10(8)11)22-14(25)17(18,19)20/h3-4,6-7,12,21H,5H2,1-2H3,(H,22,25)(H,23,26)/t12-/m0/s1. The topological polar surface area (TPSA) is 110 Å². The van der Waals surface area contributed by atoms with Gasteiger partial charge in [-0.3, -0.25) is 4.79 Å². The fourth-order valence-corrected chi connectivity index (χ4v) is 2.78. The van der Waals surface area contributed by atoms with Gasteiger partial charge in [0, 0.05) is 43.1 Å². The van der Waals surface area contributed by atoms with Crippen molar-refractivity contribution in [3.05, 3.63) is 30.0 Å². The van der Waals surface area contributed by atoms with E-state index in [0.29, 0.717) is 16.5 Å². The van der Waals surface area contributed by atoms with Crippen molar-refractivity contribution in [3.63, 3.8) is 0 Å². The monoisotopic (exact) mass is 399 g/mol. The molecule has 0 aliphatic carbocycles. The molecule has 1 aromatic heterocycles. The van der Waals surface area contributed by atoms with Crippen LogP contribution in [0.4, 0.5) is 23.7 Å². The largest absolute Gasteiger partial charge is 0.471 e. The molecular weight excluding hydrogens is 383 g/mol. The Kier molecular flexibility index (Phi) is 4.69. The Morgan fingerprint density at radius 1 is 1.25 bits per heavy atom. The first-order chi connectivity index (χ1) is 12.9. The van der Waals surface area contributed by atoms with Gasteiger partial charge in [0.2, 0.25) is 0 Å². The van der Waals surface area contributed by atoms with E-state index in [1.54, 1.807) is 11.5 Å². The van der Waals surface area contributed by atoms with Crippen molar-refractivity contribution in [2.75, 3.05) is 5.32 Å². The van der Waals surface area contributed by atoms with Gasteiger partial charge in [0.15, 0.2) is 0 Å². The van der Waals surface area contributed by atoms with Crippen molar-refractivity contribution >= 4 is 34.6 Å². The molecule has 0 saturated carbocycles. The van der Waals surface area contributed by atoms with Crippen LogP contribution in [0.15, 0.2) is 24.4 Å². The number of carbonyl (C=O) groups excluding carboxylic acids is 3. The van der Waals surface area contributed by atoms with Gasteiger partial charge in [-0.25, -0.2) is 9.59 Å². The second-order valence-electron chi connectivity index (χ2n) is 6.64. The third-order valence-corrected chi connectivity index (χ3v) is 3.97. The van der Waals surface area contributed by atoms with E-state index in [-0.39, 0.29) is 12.1 Å². The number of fused-ring (bicyclic) bond motifs is 1. The number of halogens is 3. The van der Waals surface area contributed by atoms with Gasteiger partial charge in [0.05, 0.1) is 0 Å². The number of esters is 1. The number of carbonyl (C=O) groups is 3. The van der Waals surface area contributed by atoms with E-state index in [9.17, 15) is 27.6 Å². The molecule has 1 atom stereocenters. The molecule has 1 fully saturated rings. The molecule has 0 bridgehead atoms. The predicted molar refractivity (Wildman–Crippen MR) is 90.3 cm³/mol. The summed E-state index contributed by atoms with van der Waals surface area (Å²) in [7, 11) is 0. The fraction of sp³-hybridized carbons (Fsp3) is 0.353. The van der Waals surface area contributed by atoms with Crippen LogP contribution in [0.2, 0.25) is 0 Å². The number of ether oxygens (including phenoxy) is 2. The number of rotatable bonds is 3. The van der Waals surface area contributed by atoms with Gasteiger partial charge in [-0.2, -0.15) is 13.2 Å². The summed E-state index contributed by atoms with van der Waals surface area (Å²) in [5, 5.41) is 4.78. The number of nitrogens with one attached hydrogen (secondary N) is 3. The van der Waals surface area contributed by atoms with Crippen molar-refractivity contribution in [3.8, 4) is 0 Å². The molecule has 0 spiro atoms. The van der Waals surface area contributed by atoms with Crippen LogP contribution in [0.1, 0.15) is 19.4 Å². The minimum Gasteiger partial charge on any atom is -0.421 e. The van der Waals surface area contributed by atoms with E-state index in [1.807, 2.05) is 0 Å². The molecule has 2 aromatic rings. The van der Waals surface area contributed by atoms with Gasteiger partial charge in [0.25, 0.3) is 5.79 Å². The first-order valence-corrected chi connectivity index (χ1v) is 8.15. The van der Waals surface area contributed by atoms with E-state index in [4.69, 9.17) is 9.47 Å². The number of alkyl halides is 3. The summed E-state index contributed by atoms with van der Waals surface area (Å²) in [5.41, 5.74) is 1.02. The summed E-state index contributed by atoms with van der Waals surface area (Å²) < 4.78 is 47.2. The summed E-state index contributed by atoms with van der Waals surface area (Å²) in [5.74, 6) is -4.16. The molecule has 2 heterocycles. The van der Waals surface area contributed by atoms with Crippen molar-refractivity contribution in [2.45, 2.75) is 38.3 Å². The zero-order valence-electron chi connectivity index (χ0n) is 14.8. The molecule has 11 heteroatoms. The van der Waals surface area contributed by atoms with Crippen LogP contribution in [0.5, 0.6) is 0 Å². The van der Waals surface area contributed by atoms with Crippen molar-refractivity contribution in [1.82, 2.24) is 10.3 Å². The van der Waals surface area contributed by atoms with Crippen LogP contribution in [0.3, 0.4) is 0 Å². The normalized spacial score (nSPS) is 19.4. The Balaban J connectivity index is 1.80. The van der Waals surface area contributed by atoms with Crippen LogP contribution in [0, 0.1) is 0 Å². The van der Waals surface area contributed by atoms with Crippen LogP contribution < -0.4 is 10.6 Å². The maximum atomic E-state index is 12.4. The van der Waals surface area contributed by atoms with E-state index < -0.39 is 36.0 Å². The number of aromatic nitrogens is 1. The van der Waals surface area contributed by atoms with E-state index in [0.717, 1.165) is 0 Å². The minimum atomic E-state index is -5.00. The molecular formula is C17H16F3N3O5. The van der Waals surface area contributed by atoms with Crippen molar-refractivity contribution in [1.29, 1.82) is 0 Å². The highest BCUT2D eigenvalue weighted by molar-refractivity contribution is 5.97. The van der Waals surface area contributed by atoms with E-state index >= 15 is 0 Å². The SMILES string of the molecule is CC1(C)OC(=O)N[C@@H](Cc2c[nH]c3cc(NC(=O)C(F)(F)F)ccc23)C(=O)O1. The van der Waals surface area contributed by atoms with Crippen molar-refractivity contribution < 1.29 is 37.0 Å². The highest BCUT2D eigenvalue weighted by atomic mass is 19.4. The lowest BCUT2D eigenvalue weighted by Crippen LogP contribution is -2.40. The average Bonchev–Trinajstić information content (AvgIpc) is 2.90. The molecule has 1 aliphatic rings. The second-order valence-corrected chi connectivity index (χ2v) is 6.64. The summed E-state index contributed by atoms with van der Waals surface area (Å²) >= 11 is 0. The maximum absolute atomic E-state index is 12.4. The summed E-state index contributed by atoms with van der Waals surface area (Å²) in [6.45, 7) is 2.85. The summed E-state index contributed by atoms with van der Waals surface area (Å²) in [6, 6.07) is 3.13. The summed E-state index contributed by atoms with van der Waals surface area (Å²) in [6.07, 6.45) is -4.18. The molecule has 1 aliphatic heterocycles. The number of hydrogen-bond acceptors (Lipinski definition) is 5. The second kappa shape index (κ2) is 6.73. The molecule has 2 amide bonds. The Morgan fingerprint density at radius 3 is 2.64 bits per heavy atom. The number of cyclic esters (lactones) is 2. The molecule has 0 radical (unpaired) electrons. The number of benzene rings is 1. The zero-order valence-corrected chi connectivity index (χ0v) is 14.8. The average molecular weight is 399 g/mol. The predicted octanol–water partition coefficient (Wildman–Crippen LogP) is 2.60. The van der Waals surface area contributed by atoms with Crippen LogP contribution in [-0.4, -0.2) is 41.0 Å². The number of aromatic amines is 1. The van der Waals surface area contributed by atoms with Gasteiger partial charge in [-0.15, -0.1) is 0 Å². The zero-order chi connectivity index (χ0) is 20.7. The molecule has 0 unspecified atom stereocenters. The molecule has 3 N–H and O–H groups in total. The molecule has 3 rings (SSSR count). The third kappa shape index (κ3) is 4.18. The van der Waals surface area contributed by atoms with Gasteiger partial charge >= 0.3 is 24.1 Å². The van der Waals surface area contributed by atoms with Crippen LogP contribution in [0.25, 0.3) is 10.9 Å². The number of anilines is 1. The molecule has 28 heavy (non-hydrogen) atoms. The minimum absolute atomic E-state index is 0.0412. The van der Waals surface area contributed by atoms with Gasteiger partial charge in [0.1, 0.15) is 6.04 Å². The number of alkyl carbamates (subject to hydrolysis) is 1. The molecule has 1 aromatic carbocycles. The Labute approximate surface area is 156 Å². The first kappa shape index (κ1) is 19.5. The Morgan fingerprint density at radius 2 is 1.96 bits per heavy atom. The highest BCUT2D eigenvalue weighted by Crippen LogP contribution is 2.26. The smallest absolute Gasteiger partial charge is 0.421 e. The highest BCUT2D eigenvalue weighted by Gasteiger charge is 2.39. The molecule has 150 valence electrons. The maximum Gasteiger partial charge on any atom is 0.471 e. The van der Waals surface area contributed by atoms with Gasteiger partial charge < -0.3 is 25.1 Å². The first-order valence-electron chi connectivity index (χ1n) is 8.15. The number of H-pyrrole nitrogens is 1. The number of amides is 2. The van der Waals surface area contributed by atoms with E-state index in [2.05, 4.69) is 10.3 Å². The van der Waals surface area contributed by atoms with E-state index in [1.165, 1.54) is 32.0 Å². The Bertz CT molecular complexity index is 951. The third-order valence-electron chi connectivity index (χ3n) is 3.97. The molecule has 1 saturated heterocycles. The van der Waals surface area contributed by atoms with Crippen LogP contribution >= 0.6 is 0 Å². The number of hydrogen-bond donors (Lipinski definition) is 3. The lowest BCUT2D eigenvalue weighted by atomic mass is 10.0. The Hall–Kier alpha value is -3.24. The lowest BCUT2D eigenvalue weighted by Gasteiger charge is -2.21. The van der Waals surface area contributed by atoms with Crippen LogP contribution in [-0.2, 0) is 25.5 Å². The van der Waals surface area contributed by atoms with Gasteiger partial charge in [-0.05, 0) is 17.7 Å². The van der Waals surface area contributed by atoms with Gasteiger partial charge in [-0.1, -0.05) is 6.07 Å². The lowest BCUT2D eigenvalue weighted by molar-refractivity contribution is -0.189. The quantitative estimate of drug-likeness (QED) is 0.688.